The van der Waals surface area contributed by atoms with Crippen LogP contribution in [0.15, 0.2) is 44.3 Å². The molecule has 0 radical (unpaired) electrons. The van der Waals surface area contributed by atoms with E-state index in [0.717, 1.165) is 10.1 Å². The van der Waals surface area contributed by atoms with Gasteiger partial charge in [-0.25, -0.2) is 12.7 Å². The highest BCUT2D eigenvalue weighted by Gasteiger charge is 2.37. The number of benzene rings is 1. The fourth-order valence-corrected chi connectivity index (χ4v) is 4.07. The second-order valence-electron chi connectivity index (χ2n) is 8.60. The van der Waals surface area contributed by atoms with Gasteiger partial charge in [-0.15, -0.1) is 0 Å². The minimum Gasteiger partial charge on any atom is -0.504 e. The van der Waals surface area contributed by atoms with Crippen LogP contribution in [0.5, 0.6) is 5.75 Å². The van der Waals surface area contributed by atoms with Crippen molar-refractivity contribution in [1.82, 2.24) is 9.46 Å². The Morgan fingerprint density at radius 3 is 2.44 bits per heavy atom. The number of hydrogen-bond donors (Lipinski definition) is 4. The van der Waals surface area contributed by atoms with Crippen molar-refractivity contribution in [3.63, 3.8) is 0 Å². The van der Waals surface area contributed by atoms with E-state index in [-0.39, 0.29) is 33.7 Å². The van der Waals surface area contributed by atoms with E-state index in [9.17, 15) is 18.7 Å². The Bertz CT molecular complexity index is 1210. The lowest BCUT2D eigenvalue weighted by molar-refractivity contribution is -1.03. The summed E-state index contributed by atoms with van der Waals surface area (Å²) >= 11 is 0. The smallest absolute Gasteiger partial charge is 0.367 e. The topological polar surface area (TPSA) is 145 Å². The monoisotopic (exact) mass is 466 g/mol. The first-order chi connectivity index (χ1) is 14.8. The van der Waals surface area contributed by atoms with Crippen LogP contribution < -0.4 is 15.5 Å². The van der Waals surface area contributed by atoms with Crippen molar-refractivity contribution in [3.8, 4) is 5.75 Å². The van der Waals surface area contributed by atoms with Gasteiger partial charge in [-0.3, -0.25) is 5.32 Å². The molecule has 0 spiro atoms. The molecule has 0 amide bonds. The van der Waals surface area contributed by atoms with Crippen molar-refractivity contribution in [1.29, 1.82) is 0 Å². The normalized spacial score (nSPS) is 13.3. The van der Waals surface area contributed by atoms with Gasteiger partial charge >= 0.3 is 11.6 Å². The Labute approximate surface area is 186 Å². The average Bonchev–Trinajstić information content (AvgIpc) is 3.26. The van der Waals surface area contributed by atoms with Crippen molar-refractivity contribution < 1.29 is 32.7 Å². The first kappa shape index (κ1) is 23.4. The molecular formula is C20H28N5O6S+. The zero-order valence-corrected chi connectivity index (χ0v) is 19.6. The Hall–Kier alpha value is -3.25. The highest BCUT2D eigenvalue weighted by molar-refractivity contribution is 7.89. The summed E-state index contributed by atoms with van der Waals surface area (Å²) < 4.78 is 36.6. The van der Waals surface area contributed by atoms with Crippen LogP contribution in [-0.2, 0) is 10.0 Å². The maximum Gasteiger partial charge on any atom is 0.367 e. The van der Waals surface area contributed by atoms with Crippen LogP contribution in [0.2, 0.25) is 0 Å². The molecule has 2 heterocycles. The fraction of sp³-hybridized carbons (Fsp3) is 0.400. The van der Waals surface area contributed by atoms with E-state index >= 15 is 0 Å². The number of phenols is 1. The molecule has 3 aromatic rings. The quantitative estimate of drug-likeness (QED) is 0.305. The molecule has 32 heavy (non-hydrogen) atoms. The molecule has 1 atom stereocenters. The number of hydrogen-bond acceptors (Lipinski definition) is 9. The Morgan fingerprint density at radius 2 is 1.88 bits per heavy atom. The lowest BCUT2D eigenvalue weighted by Crippen LogP contribution is -2.35. The van der Waals surface area contributed by atoms with Gasteiger partial charge in [0.1, 0.15) is 32.5 Å². The van der Waals surface area contributed by atoms with E-state index in [0.29, 0.717) is 10.7 Å². The van der Waals surface area contributed by atoms with Crippen LogP contribution in [0.3, 0.4) is 0 Å². The minimum absolute atomic E-state index is 0.0275. The molecule has 0 aliphatic carbocycles. The number of aromatic nitrogens is 2. The van der Waals surface area contributed by atoms with Gasteiger partial charge in [0, 0.05) is 19.5 Å². The van der Waals surface area contributed by atoms with Gasteiger partial charge in [-0.1, -0.05) is 31.5 Å². The molecule has 0 aliphatic rings. The largest absolute Gasteiger partial charge is 0.504 e. The molecule has 3 rings (SSSR count). The van der Waals surface area contributed by atoms with Crippen molar-refractivity contribution in [2.75, 3.05) is 24.7 Å². The standard InChI is InChI=1S/C20H27N5O6S/c1-12-10-11-14(30-12)17(20(2,3)4)22-19-18(23-31-25(19)27)21-13-8-7-9-15(16(13)26)32(28,29)24(5)6/h7-11,17,27H,1-6H3,(H2,21,22,23,26)/p+1/t17-/m0/s1. The predicted octanol–water partition coefficient (Wildman–Crippen LogP) is 3.00. The molecule has 0 unspecified atom stereocenters. The summed E-state index contributed by atoms with van der Waals surface area (Å²) in [5, 5.41) is 30.5. The number of phenolic OH excluding ortho intramolecular Hbond substituents is 1. The molecular weight excluding hydrogens is 438 g/mol. The van der Waals surface area contributed by atoms with Gasteiger partial charge in [0.05, 0.1) is 5.69 Å². The van der Waals surface area contributed by atoms with Crippen LogP contribution >= 0.6 is 0 Å². The van der Waals surface area contributed by atoms with Crippen molar-refractivity contribution in [2.24, 2.45) is 5.41 Å². The van der Waals surface area contributed by atoms with Crippen LogP contribution in [-0.4, -0.2) is 42.3 Å². The number of rotatable bonds is 7. The fourth-order valence-electron chi connectivity index (χ4n) is 3.08. The van der Waals surface area contributed by atoms with Crippen LogP contribution in [0.25, 0.3) is 0 Å². The SMILES string of the molecule is Cc1ccc([C@H](Nc2c(Nc3cccc(S(=O)(=O)N(C)C)c3O)no[n+]2O)C(C)(C)C)o1. The Kier molecular flexibility index (Phi) is 6.11. The lowest BCUT2D eigenvalue weighted by atomic mass is 9.85. The summed E-state index contributed by atoms with van der Waals surface area (Å²) in [5.74, 6) is 0.970. The first-order valence-electron chi connectivity index (χ1n) is 9.78. The summed E-state index contributed by atoms with van der Waals surface area (Å²) in [4.78, 5) is 0.162. The van der Waals surface area contributed by atoms with Gasteiger partial charge in [0.15, 0.2) is 5.75 Å². The molecule has 0 saturated carbocycles. The Balaban J connectivity index is 1.98. The number of aryl methyl sites for hydroxylation is 1. The van der Waals surface area contributed by atoms with E-state index in [1.807, 2.05) is 39.8 Å². The van der Waals surface area contributed by atoms with E-state index in [4.69, 9.17) is 9.05 Å². The molecule has 0 bridgehead atoms. The van der Waals surface area contributed by atoms with Crippen LogP contribution in [0.1, 0.15) is 38.3 Å². The van der Waals surface area contributed by atoms with E-state index in [2.05, 4.69) is 15.8 Å². The van der Waals surface area contributed by atoms with Crippen molar-refractivity contribution in [3.05, 3.63) is 41.9 Å². The lowest BCUT2D eigenvalue weighted by Gasteiger charge is -2.27. The Morgan fingerprint density at radius 1 is 1.19 bits per heavy atom. The molecule has 4 N–H and O–H groups in total. The molecule has 2 aromatic heterocycles. The van der Waals surface area contributed by atoms with Crippen LogP contribution in [0, 0.1) is 12.3 Å². The summed E-state index contributed by atoms with van der Waals surface area (Å²) in [6.07, 6.45) is 0. The maximum absolute atomic E-state index is 12.5. The molecule has 0 saturated heterocycles. The molecule has 1 aromatic carbocycles. The highest BCUT2D eigenvalue weighted by Crippen LogP contribution is 2.39. The first-order valence-corrected chi connectivity index (χ1v) is 11.2. The van der Waals surface area contributed by atoms with Crippen LogP contribution in [0.4, 0.5) is 17.3 Å². The number of sulfonamides is 1. The van der Waals surface area contributed by atoms with Gasteiger partial charge in [-0.2, -0.15) is 0 Å². The van der Waals surface area contributed by atoms with E-state index in [1.54, 1.807) is 0 Å². The molecule has 11 nitrogen and oxygen atoms in total. The van der Waals surface area contributed by atoms with Gasteiger partial charge in [0.25, 0.3) is 0 Å². The van der Waals surface area contributed by atoms with Gasteiger partial charge < -0.3 is 20.0 Å². The number of para-hydroxylation sites is 1. The summed E-state index contributed by atoms with van der Waals surface area (Å²) in [5.41, 5.74) is -0.278. The number of furan rings is 1. The third kappa shape index (κ3) is 4.50. The minimum atomic E-state index is -3.88. The number of anilines is 3. The maximum atomic E-state index is 12.5. The van der Waals surface area contributed by atoms with E-state index < -0.39 is 15.8 Å². The molecule has 0 aliphatic heterocycles. The molecule has 0 fully saturated rings. The average molecular weight is 467 g/mol. The predicted molar refractivity (Wildman–Crippen MR) is 115 cm³/mol. The zero-order valence-electron chi connectivity index (χ0n) is 18.7. The molecule has 12 heteroatoms. The summed E-state index contributed by atoms with van der Waals surface area (Å²) in [6, 6.07) is 7.53. The summed E-state index contributed by atoms with van der Waals surface area (Å²) in [7, 11) is -1.15. The number of nitrogens with zero attached hydrogens (tertiary/aromatic N) is 3. The zero-order chi connectivity index (χ0) is 23.8. The number of aromatic hydroxyl groups is 1. The van der Waals surface area contributed by atoms with Crippen molar-refractivity contribution in [2.45, 2.75) is 38.6 Å². The third-order valence-electron chi connectivity index (χ3n) is 4.83. The second kappa shape index (κ2) is 8.36. The molecule has 174 valence electrons. The second-order valence-corrected chi connectivity index (χ2v) is 10.7. The third-order valence-corrected chi connectivity index (χ3v) is 6.68. The van der Waals surface area contributed by atoms with Gasteiger partial charge in [-0.05, 0) is 31.2 Å². The highest BCUT2D eigenvalue weighted by atomic mass is 32.2. The van der Waals surface area contributed by atoms with Gasteiger partial charge in [0.2, 0.25) is 10.0 Å². The van der Waals surface area contributed by atoms with E-state index in [1.165, 1.54) is 32.3 Å². The van der Waals surface area contributed by atoms with Crippen molar-refractivity contribution >= 4 is 27.3 Å². The summed E-state index contributed by atoms with van der Waals surface area (Å²) in [6.45, 7) is 7.81. The number of nitrogens with one attached hydrogen (secondary N) is 2.